The van der Waals surface area contributed by atoms with Gasteiger partial charge in [-0.25, -0.2) is 9.07 Å². The van der Waals surface area contributed by atoms with Crippen LogP contribution in [0.15, 0.2) is 41.5 Å². The summed E-state index contributed by atoms with van der Waals surface area (Å²) in [5, 5.41) is 11.3. The second kappa shape index (κ2) is 10.8. The Morgan fingerprint density at radius 2 is 1.97 bits per heavy atom. The molecular weight excluding hydrogens is 385 g/mol. The molecule has 8 heteroatoms. The fourth-order valence-corrected chi connectivity index (χ4v) is 3.66. The Hall–Kier alpha value is -2.90. The number of benzene rings is 1. The van der Waals surface area contributed by atoms with E-state index in [1.807, 2.05) is 19.2 Å². The highest BCUT2D eigenvalue weighted by Gasteiger charge is 2.27. The molecule has 7 nitrogen and oxygen atoms in total. The van der Waals surface area contributed by atoms with Crippen LogP contribution in [0.2, 0.25) is 0 Å². The fourth-order valence-electron chi connectivity index (χ4n) is 3.66. The number of nitrogens with zero attached hydrogens (tertiary/aromatic N) is 3. The number of aliphatic imine (C=N–C) groups is 1. The third-order valence-electron chi connectivity index (χ3n) is 5.32. The molecule has 2 aromatic rings. The summed E-state index contributed by atoms with van der Waals surface area (Å²) in [7, 11) is 1.75. The Bertz CT molecular complexity index is 841. The van der Waals surface area contributed by atoms with Crippen molar-refractivity contribution in [1.29, 1.82) is 0 Å². The van der Waals surface area contributed by atoms with E-state index in [4.69, 9.17) is 4.74 Å². The van der Waals surface area contributed by atoms with Crippen LogP contribution in [-0.4, -0.2) is 48.0 Å². The van der Waals surface area contributed by atoms with Crippen LogP contribution in [0.3, 0.4) is 0 Å². The molecule has 3 rings (SSSR count). The molecule has 0 saturated heterocycles. The molecule has 0 unspecified atom stereocenters. The highest BCUT2D eigenvalue weighted by molar-refractivity contribution is 5.80. The van der Waals surface area contributed by atoms with E-state index in [2.05, 4.69) is 20.7 Å². The minimum Gasteiger partial charge on any atom is -0.466 e. The maximum atomic E-state index is 13.1. The molecule has 0 bridgehead atoms. The fraction of sp³-hybridized carbons (Fsp3) is 0.500. The number of carbonyl (C=O) groups excluding carboxylic acids is 1. The van der Waals surface area contributed by atoms with E-state index in [-0.39, 0.29) is 17.7 Å². The SMILES string of the molecule is CCOC(=O)C1CCC(NC(=NC)NCCc2ccn(-c3ccc(F)cc3)n2)CC1. The summed E-state index contributed by atoms with van der Waals surface area (Å²) >= 11 is 0. The van der Waals surface area contributed by atoms with Crippen molar-refractivity contribution in [1.82, 2.24) is 20.4 Å². The van der Waals surface area contributed by atoms with Gasteiger partial charge >= 0.3 is 5.97 Å². The lowest BCUT2D eigenvalue weighted by molar-refractivity contribution is -0.149. The Morgan fingerprint density at radius 3 is 2.63 bits per heavy atom. The smallest absolute Gasteiger partial charge is 0.308 e. The minimum absolute atomic E-state index is 0.0224. The Balaban J connectivity index is 1.41. The molecule has 0 spiro atoms. The summed E-state index contributed by atoms with van der Waals surface area (Å²) in [5.74, 6) is 0.448. The largest absolute Gasteiger partial charge is 0.466 e. The van der Waals surface area contributed by atoms with E-state index in [1.54, 1.807) is 23.9 Å². The molecule has 0 radical (unpaired) electrons. The molecule has 30 heavy (non-hydrogen) atoms. The van der Waals surface area contributed by atoms with Crippen molar-refractivity contribution in [3.8, 4) is 5.69 Å². The number of ether oxygens (including phenoxy) is 1. The van der Waals surface area contributed by atoms with Crippen LogP contribution in [0, 0.1) is 11.7 Å². The van der Waals surface area contributed by atoms with Gasteiger partial charge in [-0.3, -0.25) is 9.79 Å². The average Bonchev–Trinajstić information content (AvgIpc) is 3.23. The molecule has 1 saturated carbocycles. The molecule has 1 aliphatic carbocycles. The van der Waals surface area contributed by atoms with Crippen LogP contribution in [0.4, 0.5) is 4.39 Å². The number of esters is 1. The quantitative estimate of drug-likeness (QED) is 0.413. The molecule has 0 amide bonds. The normalized spacial score (nSPS) is 19.4. The third-order valence-corrected chi connectivity index (χ3v) is 5.32. The van der Waals surface area contributed by atoms with Crippen molar-refractivity contribution in [2.45, 2.75) is 45.1 Å². The maximum Gasteiger partial charge on any atom is 0.308 e. The van der Waals surface area contributed by atoms with Gasteiger partial charge in [0, 0.05) is 32.3 Å². The monoisotopic (exact) mass is 415 g/mol. The van der Waals surface area contributed by atoms with Crippen molar-refractivity contribution in [3.63, 3.8) is 0 Å². The number of nitrogens with one attached hydrogen (secondary N) is 2. The molecule has 1 aromatic carbocycles. The van der Waals surface area contributed by atoms with Crippen LogP contribution in [-0.2, 0) is 16.0 Å². The van der Waals surface area contributed by atoms with Crippen molar-refractivity contribution in [3.05, 3.63) is 48.0 Å². The third kappa shape index (κ3) is 6.05. The topological polar surface area (TPSA) is 80.5 Å². The van der Waals surface area contributed by atoms with E-state index in [1.165, 1.54) is 12.1 Å². The zero-order valence-corrected chi connectivity index (χ0v) is 17.6. The van der Waals surface area contributed by atoms with Gasteiger partial charge in [-0.2, -0.15) is 5.10 Å². The van der Waals surface area contributed by atoms with E-state index in [9.17, 15) is 9.18 Å². The van der Waals surface area contributed by atoms with Gasteiger partial charge in [-0.1, -0.05) is 0 Å². The van der Waals surface area contributed by atoms with Gasteiger partial charge < -0.3 is 15.4 Å². The number of hydrogen-bond acceptors (Lipinski definition) is 4. The first-order chi connectivity index (χ1) is 14.6. The van der Waals surface area contributed by atoms with E-state index >= 15 is 0 Å². The number of guanidine groups is 1. The zero-order chi connectivity index (χ0) is 21.3. The average molecular weight is 416 g/mol. The first kappa shape index (κ1) is 21.8. The zero-order valence-electron chi connectivity index (χ0n) is 17.6. The number of halogens is 1. The standard InChI is InChI=1S/C22H30FN5O2/c1-3-30-21(29)16-4-8-18(9-5-16)26-22(24-2)25-14-12-19-13-15-28(27-19)20-10-6-17(23)7-11-20/h6-7,10-11,13,15-16,18H,3-5,8-9,12,14H2,1-2H3,(H2,24,25,26). The van der Waals surface area contributed by atoms with E-state index in [0.29, 0.717) is 19.2 Å². The number of hydrogen-bond donors (Lipinski definition) is 2. The molecule has 1 heterocycles. The molecule has 2 N–H and O–H groups in total. The summed E-state index contributed by atoms with van der Waals surface area (Å²) in [5.41, 5.74) is 1.77. The number of aromatic nitrogens is 2. The molecule has 0 atom stereocenters. The van der Waals surface area contributed by atoms with Gasteiger partial charge in [-0.05, 0) is 62.9 Å². The van der Waals surface area contributed by atoms with E-state index < -0.39 is 0 Å². The first-order valence-electron chi connectivity index (χ1n) is 10.5. The molecular formula is C22H30FN5O2. The summed E-state index contributed by atoms with van der Waals surface area (Å²) in [4.78, 5) is 16.2. The molecule has 1 aromatic heterocycles. The molecule has 162 valence electrons. The van der Waals surface area contributed by atoms with Crippen LogP contribution in [0.5, 0.6) is 0 Å². The Morgan fingerprint density at radius 1 is 1.23 bits per heavy atom. The van der Waals surface area contributed by atoms with Crippen LogP contribution < -0.4 is 10.6 Å². The van der Waals surface area contributed by atoms with Crippen molar-refractivity contribution in [2.24, 2.45) is 10.9 Å². The first-order valence-corrected chi connectivity index (χ1v) is 10.5. The van der Waals surface area contributed by atoms with Crippen LogP contribution >= 0.6 is 0 Å². The van der Waals surface area contributed by atoms with Crippen molar-refractivity contribution >= 4 is 11.9 Å². The summed E-state index contributed by atoms with van der Waals surface area (Å²) in [6.07, 6.45) is 6.14. The number of rotatable bonds is 7. The van der Waals surface area contributed by atoms with Crippen LogP contribution in [0.25, 0.3) is 5.69 Å². The second-order valence-corrected chi connectivity index (χ2v) is 7.42. The second-order valence-electron chi connectivity index (χ2n) is 7.42. The van der Waals surface area contributed by atoms with Crippen molar-refractivity contribution < 1.29 is 13.9 Å². The molecule has 0 aliphatic heterocycles. The van der Waals surface area contributed by atoms with E-state index in [0.717, 1.165) is 49.4 Å². The van der Waals surface area contributed by atoms with Gasteiger partial charge in [0.25, 0.3) is 0 Å². The summed E-state index contributed by atoms with van der Waals surface area (Å²) in [6, 6.07) is 8.51. The van der Waals surface area contributed by atoms with Gasteiger partial charge in [0.1, 0.15) is 5.82 Å². The van der Waals surface area contributed by atoms with Gasteiger partial charge in [-0.15, -0.1) is 0 Å². The minimum atomic E-state index is -0.261. The lowest BCUT2D eigenvalue weighted by atomic mass is 9.86. The summed E-state index contributed by atoms with van der Waals surface area (Å²) < 4.78 is 19.9. The molecule has 1 aliphatic rings. The van der Waals surface area contributed by atoms with Crippen molar-refractivity contribution in [2.75, 3.05) is 20.2 Å². The molecule has 1 fully saturated rings. The Labute approximate surface area is 176 Å². The number of carbonyl (C=O) groups is 1. The van der Waals surface area contributed by atoms with Crippen LogP contribution in [0.1, 0.15) is 38.3 Å². The van der Waals surface area contributed by atoms with Gasteiger partial charge in [0.15, 0.2) is 5.96 Å². The maximum absolute atomic E-state index is 13.1. The predicted octanol–water partition coefficient (Wildman–Crippen LogP) is 2.84. The summed E-state index contributed by atoms with van der Waals surface area (Å²) in [6.45, 7) is 2.97. The predicted molar refractivity (Wildman–Crippen MR) is 114 cm³/mol. The Kier molecular flexibility index (Phi) is 7.82. The highest BCUT2D eigenvalue weighted by atomic mass is 19.1. The highest BCUT2D eigenvalue weighted by Crippen LogP contribution is 2.25. The van der Waals surface area contributed by atoms with Gasteiger partial charge in [0.2, 0.25) is 0 Å². The lowest BCUT2D eigenvalue weighted by Gasteiger charge is -2.29. The van der Waals surface area contributed by atoms with Gasteiger partial charge in [0.05, 0.1) is 23.9 Å². The lowest BCUT2D eigenvalue weighted by Crippen LogP contribution is -2.45.